The molecule has 0 spiro atoms. The molecule has 0 radical (unpaired) electrons. The number of methoxy groups -OCH3 is 1. The van der Waals surface area contributed by atoms with Gasteiger partial charge in [0.05, 0.1) is 12.5 Å². The van der Waals surface area contributed by atoms with Crippen LogP contribution in [0.1, 0.15) is 52.4 Å². The van der Waals surface area contributed by atoms with E-state index >= 15 is 0 Å². The van der Waals surface area contributed by atoms with Crippen molar-refractivity contribution >= 4 is 17.7 Å². The summed E-state index contributed by atoms with van der Waals surface area (Å²) in [5, 5.41) is 21.1. The summed E-state index contributed by atoms with van der Waals surface area (Å²) < 4.78 is 5.07. The first-order valence-electron chi connectivity index (χ1n) is 10.5. The highest BCUT2D eigenvalue weighted by Gasteiger charge is 2.36. The molecule has 1 heterocycles. The first-order valence-corrected chi connectivity index (χ1v) is 10.5. The van der Waals surface area contributed by atoms with Crippen LogP contribution in [0.15, 0.2) is 0 Å². The SMILES string of the molecule is COCCN1CCCC[C@H](NC(=O)[C@H](CC(C)C)[C@@H](CCCO)C(=O)NO)C1=O. The van der Waals surface area contributed by atoms with Crippen LogP contribution in [-0.2, 0) is 19.1 Å². The third kappa shape index (κ3) is 8.28. The number of nitrogens with one attached hydrogen (secondary N) is 2. The highest BCUT2D eigenvalue weighted by atomic mass is 16.5. The van der Waals surface area contributed by atoms with Crippen LogP contribution in [0.4, 0.5) is 0 Å². The Morgan fingerprint density at radius 1 is 1.24 bits per heavy atom. The summed E-state index contributed by atoms with van der Waals surface area (Å²) in [6.45, 7) is 5.33. The summed E-state index contributed by atoms with van der Waals surface area (Å²) in [5.41, 5.74) is 1.65. The Hall–Kier alpha value is -1.71. The smallest absolute Gasteiger partial charge is 0.247 e. The molecule has 1 fully saturated rings. The number of nitrogens with zero attached hydrogens (tertiary/aromatic N) is 1. The van der Waals surface area contributed by atoms with Crippen molar-refractivity contribution in [2.75, 3.05) is 33.4 Å². The monoisotopic (exact) mass is 415 g/mol. The van der Waals surface area contributed by atoms with Crippen molar-refractivity contribution in [2.24, 2.45) is 17.8 Å². The summed E-state index contributed by atoms with van der Waals surface area (Å²) in [6, 6.07) is -0.632. The van der Waals surface area contributed by atoms with Gasteiger partial charge >= 0.3 is 0 Å². The maximum Gasteiger partial charge on any atom is 0.247 e. The Bertz CT molecular complexity index is 528. The molecule has 29 heavy (non-hydrogen) atoms. The quantitative estimate of drug-likeness (QED) is 0.274. The van der Waals surface area contributed by atoms with Crippen LogP contribution in [-0.4, -0.2) is 72.4 Å². The lowest BCUT2D eigenvalue weighted by molar-refractivity contribution is -0.143. The van der Waals surface area contributed by atoms with Gasteiger partial charge in [0.25, 0.3) is 0 Å². The number of likely N-dealkylation sites (tertiary alicyclic amines) is 1. The molecule has 0 aromatic rings. The number of carbonyl (C=O) groups excluding carboxylic acids is 3. The molecule has 1 saturated heterocycles. The predicted octanol–water partition coefficient (Wildman–Crippen LogP) is 0.687. The van der Waals surface area contributed by atoms with Gasteiger partial charge in [0, 0.05) is 32.7 Å². The lowest BCUT2D eigenvalue weighted by Gasteiger charge is -2.29. The van der Waals surface area contributed by atoms with E-state index in [4.69, 9.17) is 15.1 Å². The summed E-state index contributed by atoms with van der Waals surface area (Å²) in [4.78, 5) is 39.9. The molecular formula is C20H37N3O6. The predicted molar refractivity (Wildman–Crippen MR) is 107 cm³/mol. The Balaban J connectivity index is 2.96. The van der Waals surface area contributed by atoms with Gasteiger partial charge in [0.2, 0.25) is 17.7 Å². The number of ether oxygens (including phenoxy) is 1. The van der Waals surface area contributed by atoms with Gasteiger partial charge in [-0.15, -0.1) is 0 Å². The van der Waals surface area contributed by atoms with Crippen molar-refractivity contribution in [3.8, 4) is 0 Å². The molecule has 0 bridgehead atoms. The van der Waals surface area contributed by atoms with Crippen LogP contribution >= 0.6 is 0 Å². The van der Waals surface area contributed by atoms with E-state index in [-0.39, 0.29) is 30.8 Å². The first kappa shape index (κ1) is 25.3. The lowest BCUT2D eigenvalue weighted by Crippen LogP contribution is -2.51. The standard InChI is InChI=1S/C20H37N3O6/c1-14(2)13-16(15(7-6-11-24)19(26)22-28)18(25)21-17-8-4-5-9-23(20(17)27)10-12-29-3/h14-17,24,28H,4-13H2,1-3H3,(H,21,25)(H,22,26)/t15-,16-,17+/m1/s1. The highest BCUT2D eigenvalue weighted by molar-refractivity contribution is 5.91. The number of amides is 3. The molecule has 9 heteroatoms. The van der Waals surface area contributed by atoms with Crippen LogP contribution in [0.2, 0.25) is 0 Å². The van der Waals surface area contributed by atoms with Crippen molar-refractivity contribution in [3.05, 3.63) is 0 Å². The van der Waals surface area contributed by atoms with E-state index in [1.165, 1.54) is 0 Å². The van der Waals surface area contributed by atoms with Crippen LogP contribution in [0, 0.1) is 17.8 Å². The second-order valence-electron chi connectivity index (χ2n) is 8.06. The van der Waals surface area contributed by atoms with Crippen LogP contribution in [0.25, 0.3) is 0 Å². The first-order chi connectivity index (χ1) is 13.8. The maximum atomic E-state index is 13.1. The molecular weight excluding hydrogens is 378 g/mol. The van der Waals surface area contributed by atoms with Crippen molar-refractivity contribution < 1.29 is 29.4 Å². The highest BCUT2D eigenvalue weighted by Crippen LogP contribution is 2.26. The van der Waals surface area contributed by atoms with Gasteiger partial charge in [0.15, 0.2) is 0 Å². The Morgan fingerprint density at radius 2 is 1.97 bits per heavy atom. The Morgan fingerprint density at radius 3 is 2.55 bits per heavy atom. The van der Waals surface area contributed by atoms with Crippen molar-refractivity contribution in [1.29, 1.82) is 0 Å². The number of hydrogen-bond acceptors (Lipinski definition) is 6. The Labute approximate surface area is 173 Å². The fraction of sp³-hybridized carbons (Fsp3) is 0.850. The van der Waals surface area contributed by atoms with Crippen molar-refractivity contribution in [2.45, 2.75) is 58.4 Å². The van der Waals surface area contributed by atoms with Crippen LogP contribution < -0.4 is 10.8 Å². The zero-order valence-corrected chi connectivity index (χ0v) is 17.9. The largest absolute Gasteiger partial charge is 0.396 e. The second kappa shape index (κ2) is 13.5. The number of carbonyl (C=O) groups is 3. The fourth-order valence-corrected chi connectivity index (χ4v) is 3.81. The molecule has 0 saturated carbocycles. The summed E-state index contributed by atoms with van der Waals surface area (Å²) in [6.07, 6.45) is 3.28. The van der Waals surface area contributed by atoms with Gasteiger partial charge in [-0.25, -0.2) is 5.48 Å². The topological polar surface area (TPSA) is 128 Å². The number of hydroxylamine groups is 1. The minimum Gasteiger partial charge on any atom is -0.396 e. The minimum atomic E-state index is -0.778. The molecule has 4 N–H and O–H groups in total. The molecule has 3 atom stereocenters. The molecule has 0 unspecified atom stereocenters. The molecule has 1 aliphatic heterocycles. The van der Waals surface area contributed by atoms with Crippen LogP contribution in [0.3, 0.4) is 0 Å². The summed E-state index contributed by atoms with van der Waals surface area (Å²) >= 11 is 0. The third-order valence-electron chi connectivity index (χ3n) is 5.33. The molecule has 0 aliphatic carbocycles. The van der Waals surface area contributed by atoms with E-state index in [0.717, 1.165) is 12.8 Å². The minimum absolute atomic E-state index is 0.110. The molecule has 0 aromatic heterocycles. The van der Waals surface area contributed by atoms with Gasteiger partial charge in [-0.1, -0.05) is 13.8 Å². The second-order valence-corrected chi connectivity index (χ2v) is 8.06. The molecule has 9 nitrogen and oxygen atoms in total. The molecule has 1 aliphatic rings. The Kier molecular flexibility index (Phi) is 11.8. The summed E-state index contributed by atoms with van der Waals surface area (Å²) in [7, 11) is 1.58. The number of rotatable bonds is 12. The average molecular weight is 416 g/mol. The van der Waals surface area contributed by atoms with Gasteiger partial charge < -0.3 is 20.1 Å². The molecule has 1 rings (SSSR count). The molecule has 0 aromatic carbocycles. The van der Waals surface area contributed by atoms with E-state index in [0.29, 0.717) is 39.0 Å². The summed E-state index contributed by atoms with van der Waals surface area (Å²) in [5.74, 6) is -2.48. The normalized spacial score (nSPS) is 19.6. The third-order valence-corrected chi connectivity index (χ3v) is 5.33. The van der Waals surface area contributed by atoms with E-state index in [9.17, 15) is 14.4 Å². The maximum absolute atomic E-state index is 13.1. The lowest BCUT2D eigenvalue weighted by atomic mass is 9.81. The van der Waals surface area contributed by atoms with Gasteiger partial charge in [0.1, 0.15) is 6.04 Å². The van der Waals surface area contributed by atoms with E-state index in [1.54, 1.807) is 17.5 Å². The zero-order valence-electron chi connectivity index (χ0n) is 17.9. The van der Waals surface area contributed by atoms with E-state index < -0.39 is 23.8 Å². The zero-order chi connectivity index (χ0) is 21.8. The van der Waals surface area contributed by atoms with Gasteiger partial charge in [-0.2, -0.15) is 0 Å². The number of aliphatic hydroxyl groups is 1. The van der Waals surface area contributed by atoms with Gasteiger partial charge in [-0.05, 0) is 44.4 Å². The average Bonchev–Trinajstić information content (AvgIpc) is 2.86. The van der Waals surface area contributed by atoms with Gasteiger partial charge in [-0.3, -0.25) is 19.6 Å². The van der Waals surface area contributed by atoms with Crippen molar-refractivity contribution in [3.63, 3.8) is 0 Å². The number of hydrogen-bond donors (Lipinski definition) is 4. The molecule has 3 amide bonds. The molecule has 168 valence electrons. The fourth-order valence-electron chi connectivity index (χ4n) is 3.81. The van der Waals surface area contributed by atoms with Crippen molar-refractivity contribution in [1.82, 2.24) is 15.7 Å². The van der Waals surface area contributed by atoms with Crippen LogP contribution in [0.5, 0.6) is 0 Å². The van der Waals surface area contributed by atoms with E-state index in [1.807, 2.05) is 13.8 Å². The number of aliphatic hydroxyl groups excluding tert-OH is 1. The van der Waals surface area contributed by atoms with E-state index in [2.05, 4.69) is 5.32 Å².